The lowest BCUT2D eigenvalue weighted by atomic mass is 10.3. The largest absolute Gasteiger partial charge is 0.573 e. The number of anilines is 1. The van der Waals surface area contributed by atoms with Gasteiger partial charge in [-0.15, -0.1) is 13.2 Å². The van der Waals surface area contributed by atoms with Crippen molar-refractivity contribution in [3.05, 3.63) is 36.4 Å². The molecule has 0 atom stereocenters. The number of allylic oxidation sites excluding steroid dienone is 1. The van der Waals surface area contributed by atoms with Crippen molar-refractivity contribution < 1.29 is 17.9 Å². The van der Waals surface area contributed by atoms with Crippen LogP contribution in [0.25, 0.3) is 0 Å². The van der Waals surface area contributed by atoms with Crippen LogP contribution in [0.1, 0.15) is 6.92 Å². The maximum absolute atomic E-state index is 11.9. The molecular weight excluding hydrogens is 219 g/mol. The molecule has 0 heterocycles. The number of benzene rings is 1. The van der Waals surface area contributed by atoms with Gasteiger partial charge in [-0.1, -0.05) is 18.2 Å². The van der Waals surface area contributed by atoms with E-state index in [1.807, 2.05) is 19.1 Å². The predicted molar refractivity (Wildman–Crippen MR) is 56.4 cm³/mol. The van der Waals surface area contributed by atoms with Crippen LogP contribution < -0.4 is 10.1 Å². The Bertz CT molecular complexity index is 360. The van der Waals surface area contributed by atoms with Crippen LogP contribution in [0.2, 0.25) is 0 Å². The molecule has 1 aromatic rings. The number of alkyl halides is 3. The fourth-order valence-corrected chi connectivity index (χ4v) is 1.10. The average Bonchev–Trinajstić information content (AvgIpc) is 2.16. The Morgan fingerprint density at radius 1 is 1.38 bits per heavy atom. The lowest BCUT2D eigenvalue weighted by Crippen LogP contribution is -2.17. The first-order valence-electron chi connectivity index (χ1n) is 4.72. The second-order valence-electron chi connectivity index (χ2n) is 3.03. The molecule has 1 N–H and O–H groups in total. The van der Waals surface area contributed by atoms with Gasteiger partial charge in [0.1, 0.15) is 5.75 Å². The van der Waals surface area contributed by atoms with Crippen molar-refractivity contribution in [2.45, 2.75) is 13.3 Å². The summed E-state index contributed by atoms with van der Waals surface area (Å²) in [5.41, 5.74) is 0.583. The van der Waals surface area contributed by atoms with Crippen LogP contribution in [0.5, 0.6) is 5.75 Å². The molecule has 88 valence electrons. The van der Waals surface area contributed by atoms with Crippen molar-refractivity contribution >= 4 is 5.69 Å². The van der Waals surface area contributed by atoms with Crippen LogP contribution in [0, 0.1) is 0 Å². The summed E-state index contributed by atoms with van der Waals surface area (Å²) >= 11 is 0. The topological polar surface area (TPSA) is 21.3 Å². The molecule has 1 aromatic carbocycles. The van der Waals surface area contributed by atoms with Gasteiger partial charge in [-0.25, -0.2) is 0 Å². The van der Waals surface area contributed by atoms with Crippen LogP contribution in [0.15, 0.2) is 36.4 Å². The monoisotopic (exact) mass is 231 g/mol. The highest BCUT2D eigenvalue weighted by Crippen LogP contribution is 2.24. The molecule has 0 spiro atoms. The quantitative estimate of drug-likeness (QED) is 0.800. The van der Waals surface area contributed by atoms with E-state index in [2.05, 4.69) is 10.1 Å². The Kier molecular flexibility index (Phi) is 4.22. The van der Waals surface area contributed by atoms with E-state index >= 15 is 0 Å². The van der Waals surface area contributed by atoms with E-state index in [0.29, 0.717) is 12.2 Å². The highest BCUT2D eigenvalue weighted by molar-refractivity contribution is 5.48. The van der Waals surface area contributed by atoms with Crippen molar-refractivity contribution in [1.29, 1.82) is 0 Å². The maximum Gasteiger partial charge on any atom is 0.573 e. The van der Waals surface area contributed by atoms with E-state index < -0.39 is 6.36 Å². The molecule has 0 aliphatic carbocycles. The molecule has 0 saturated carbocycles. The number of nitrogens with one attached hydrogen (secondary N) is 1. The zero-order valence-corrected chi connectivity index (χ0v) is 8.71. The van der Waals surface area contributed by atoms with Gasteiger partial charge in [0.15, 0.2) is 0 Å². The molecule has 0 unspecified atom stereocenters. The molecule has 16 heavy (non-hydrogen) atoms. The van der Waals surface area contributed by atoms with Crippen LogP contribution in [0.3, 0.4) is 0 Å². The number of hydrogen-bond donors (Lipinski definition) is 1. The van der Waals surface area contributed by atoms with Crippen molar-refractivity contribution in [3.63, 3.8) is 0 Å². The molecule has 5 heteroatoms. The first-order chi connectivity index (χ1) is 7.51. The summed E-state index contributed by atoms with van der Waals surface area (Å²) in [6.45, 7) is 2.43. The third-order valence-corrected chi connectivity index (χ3v) is 1.73. The zero-order valence-electron chi connectivity index (χ0n) is 8.71. The second kappa shape index (κ2) is 5.44. The fourth-order valence-electron chi connectivity index (χ4n) is 1.10. The van der Waals surface area contributed by atoms with Gasteiger partial charge in [0.2, 0.25) is 0 Å². The minimum atomic E-state index is -4.65. The molecule has 0 saturated heterocycles. The Morgan fingerprint density at radius 3 is 2.75 bits per heavy atom. The number of halogens is 3. The molecular formula is C11H12F3NO. The molecule has 0 aliphatic heterocycles. The summed E-state index contributed by atoms with van der Waals surface area (Å²) in [6, 6.07) is 5.73. The minimum absolute atomic E-state index is 0.224. The molecule has 2 nitrogen and oxygen atoms in total. The van der Waals surface area contributed by atoms with Gasteiger partial charge in [0.25, 0.3) is 0 Å². The molecule has 0 radical (unpaired) electrons. The Labute approximate surface area is 91.7 Å². The van der Waals surface area contributed by atoms with Crippen molar-refractivity contribution in [2.24, 2.45) is 0 Å². The normalized spacial score (nSPS) is 11.8. The van der Waals surface area contributed by atoms with Gasteiger partial charge in [-0.05, 0) is 19.1 Å². The number of hydrogen-bond acceptors (Lipinski definition) is 2. The SMILES string of the molecule is C/C=C/CNc1cccc(OC(F)(F)F)c1. The summed E-state index contributed by atoms with van der Waals surface area (Å²) in [5.74, 6) is -0.224. The molecule has 1 rings (SSSR count). The smallest absolute Gasteiger partial charge is 0.406 e. The first-order valence-corrected chi connectivity index (χ1v) is 4.72. The van der Waals surface area contributed by atoms with Gasteiger partial charge >= 0.3 is 6.36 Å². The lowest BCUT2D eigenvalue weighted by Gasteiger charge is -2.10. The third kappa shape index (κ3) is 4.72. The average molecular weight is 231 g/mol. The fraction of sp³-hybridized carbons (Fsp3) is 0.273. The van der Waals surface area contributed by atoms with Gasteiger partial charge in [0, 0.05) is 18.3 Å². The second-order valence-corrected chi connectivity index (χ2v) is 3.03. The number of rotatable bonds is 4. The number of ether oxygens (including phenoxy) is 1. The Hall–Kier alpha value is -1.65. The van der Waals surface area contributed by atoms with E-state index in [-0.39, 0.29) is 5.75 Å². The minimum Gasteiger partial charge on any atom is -0.406 e. The highest BCUT2D eigenvalue weighted by atomic mass is 19.4. The zero-order chi connectivity index (χ0) is 12.0. The van der Waals surface area contributed by atoms with E-state index in [0.717, 1.165) is 0 Å². The summed E-state index contributed by atoms with van der Waals surface area (Å²) in [6.07, 6.45) is -0.942. The van der Waals surface area contributed by atoms with Crippen molar-refractivity contribution in [2.75, 3.05) is 11.9 Å². The first kappa shape index (κ1) is 12.4. The van der Waals surface area contributed by atoms with E-state index in [9.17, 15) is 13.2 Å². The van der Waals surface area contributed by atoms with E-state index in [1.165, 1.54) is 18.2 Å². The van der Waals surface area contributed by atoms with Crippen LogP contribution in [-0.2, 0) is 0 Å². The molecule has 0 bridgehead atoms. The Morgan fingerprint density at radius 2 is 2.12 bits per heavy atom. The van der Waals surface area contributed by atoms with Crippen molar-refractivity contribution in [1.82, 2.24) is 0 Å². The molecule has 0 aliphatic rings. The predicted octanol–water partition coefficient (Wildman–Crippen LogP) is 3.57. The summed E-state index contributed by atoms with van der Waals surface area (Å²) < 4.78 is 39.6. The molecule has 0 aromatic heterocycles. The van der Waals surface area contributed by atoms with Gasteiger partial charge in [0.05, 0.1) is 0 Å². The summed E-state index contributed by atoms with van der Waals surface area (Å²) in [4.78, 5) is 0. The van der Waals surface area contributed by atoms with Crippen LogP contribution in [-0.4, -0.2) is 12.9 Å². The molecule has 0 fully saturated rings. The third-order valence-electron chi connectivity index (χ3n) is 1.73. The summed E-state index contributed by atoms with van der Waals surface area (Å²) in [7, 11) is 0. The lowest BCUT2D eigenvalue weighted by molar-refractivity contribution is -0.274. The maximum atomic E-state index is 11.9. The van der Waals surface area contributed by atoms with E-state index in [4.69, 9.17) is 0 Å². The standard InChI is InChI=1S/C11H12F3NO/c1-2-3-7-15-9-5-4-6-10(8-9)16-11(12,13)14/h2-6,8,15H,7H2,1H3/b3-2+. The van der Waals surface area contributed by atoms with Crippen LogP contribution in [0.4, 0.5) is 18.9 Å². The summed E-state index contributed by atoms with van der Waals surface area (Å²) in [5, 5.41) is 2.94. The Balaban J connectivity index is 2.64. The van der Waals surface area contributed by atoms with Gasteiger partial charge in [-0.2, -0.15) is 0 Å². The molecule has 0 amide bonds. The van der Waals surface area contributed by atoms with Crippen LogP contribution >= 0.6 is 0 Å². The van der Waals surface area contributed by atoms with Gasteiger partial charge in [-0.3, -0.25) is 0 Å². The van der Waals surface area contributed by atoms with Gasteiger partial charge < -0.3 is 10.1 Å². The van der Waals surface area contributed by atoms with E-state index in [1.54, 1.807) is 6.07 Å². The highest BCUT2D eigenvalue weighted by Gasteiger charge is 2.31. The van der Waals surface area contributed by atoms with Crippen molar-refractivity contribution in [3.8, 4) is 5.75 Å².